The number of nitriles is 1. The minimum Gasteiger partial charge on any atom is -0.207 e. The molecule has 0 radical (unpaired) electrons. The maximum Gasteiger partial charge on any atom is 0.123 e. The predicted molar refractivity (Wildman–Crippen MR) is 61.2 cm³/mol. The number of hydrogen-bond donors (Lipinski definition) is 0. The first kappa shape index (κ1) is 11.1. The molecule has 1 aromatic carbocycles. The second kappa shape index (κ2) is 4.65. The van der Waals surface area contributed by atoms with Gasteiger partial charge in [0.25, 0.3) is 0 Å². The lowest BCUT2D eigenvalue weighted by atomic mass is 9.71. The van der Waals surface area contributed by atoms with Crippen molar-refractivity contribution >= 4 is 0 Å². The zero-order chi connectivity index (χ0) is 11.4. The van der Waals surface area contributed by atoms with Crippen molar-refractivity contribution in [2.45, 2.75) is 38.5 Å². The van der Waals surface area contributed by atoms with Crippen molar-refractivity contribution in [2.24, 2.45) is 5.41 Å². The molecular formula is C14H16FN. The van der Waals surface area contributed by atoms with E-state index in [1.54, 1.807) is 12.1 Å². The van der Waals surface area contributed by atoms with Gasteiger partial charge in [-0.05, 0) is 37.0 Å². The maximum absolute atomic E-state index is 12.8. The molecule has 2 rings (SSSR count). The van der Waals surface area contributed by atoms with Crippen LogP contribution in [0.3, 0.4) is 0 Å². The lowest BCUT2D eigenvalue weighted by molar-refractivity contribution is 0.266. The molecule has 0 spiro atoms. The van der Waals surface area contributed by atoms with Crippen molar-refractivity contribution in [2.75, 3.05) is 0 Å². The van der Waals surface area contributed by atoms with E-state index in [-0.39, 0.29) is 11.2 Å². The summed E-state index contributed by atoms with van der Waals surface area (Å²) in [4.78, 5) is 0. The van der Waals surface area contributed by atoms with Crippen molar-refractivity contribution in [1.29, 1.82) is 5.26 Å². The minimum atomic E-state index is -0.210. The fraction of sp³-hybridized carbons (Fsp3) is 0.500. The Balaban J connectivity index is 2.12. The van der Waals surface area contributed by atoms with E-state index >= 15 is 0 Å². The van der Waals surface area contributed by atoms with Crippen LogP contribution < -0.4 is 0 Å². The summed E-state index contributed by atoms with van der Waals surface area (Å²) in [5.74, 6) is -0.210. The van der Waals surface area contributed by atoms with E-state index in [0.717, 1.165) is 37.7 Å². The second-order valence-corrected chi connectivity index (χ2v) is 4.76. The van der Waals surface area contributed by atoms with Gasteiger partial charge in [0.2, 0.25) is 0 Å². The lowest BCUT2D eigenvalue weighted by Gasteiger charge is -2.30. The SMILES string of the molecule is N#CC1(Cc2ccc(F)cc2)CCCCC1. The molecule has 1 saturated carbocycles. The van der Waals surface area contributed by atoms with Gasteiger partial charge in [0.15, 0.2) is 0 Å². The van der Waals surface area contributed by atoms with Gasteiger partial charge in [0.05, 0.1) is 11.5 Å². The van der Waals surface area contributed by atoms with Crippen LogP contribution in [0.25, 0.3) is 0 Å². The summed E-state index contributed by atoms with van der Waals surface area (Å²) in [5.41, 5.74) is 0.876. The molecule has 0 amide bonds. The van der Waals surface area contributed by atoms with Crippen molar-refractivity contribution in [3.63, 3.8) is 0 Å². The van der Waals surface area contributed by atoms with Crippen LogP contribution in [0.15, 0.2) is 24.3 Å². The highest BCUT2D eigenvalue weighted by atomic mass is 19.1. The van der Waals surface area contributed by atoms with E-state index in [9.17, 15) is 9.65 Å². The standard InChI is InChI=1S/C14H16FN/c15-13-6-4-12(5-7-13)10-14(11-16)8-2-1-3-9-14/h4-7H,1-3,8-10H2. The van der Waals surface area contributed by atoms with Gasteiger partial charge in [-0.3, -0.25) is 0 Å². The average Bonchev–Trinajstić information content (AvgIpc) is 2.33. The van der Waals surface area contributed by atoms with Crippen LogP contribution in [0, 0.1) is 22.6 Å². The average molecular weight is 217 g/mol. The molecule has 0 aliphatic heterocycles. The Morgan fingerprint density at radius 3 is 2.31 bits per heavy atom. The normalized spacial score (nSPS) is 19.0. The summed E-state index contributed by atoms with van der Waals surface area (Å²) < 4.78 is 12.8. The summed E-state index contributed by atoms with van der Waals surface area (Å²) in [5, 5.41) is 9.33. The maximum atomic E-state index is 12.8. The van der Waals surface area contributed by atoms with Crippen molar-refractivity contribution in [1.82, 2.24) is 0 Å². The van der Waals surface area contributed by atoms with Crippen molar-refractivity contribution in [3.8, 4) is 6.07 Å². The molecular weight excluding hydrogens is 201 g/mol. The van der Waals surface area contributed by atoms with E-state index < -0.39 is 0 Å². The minimum absolute atomic E-state index is 0.198. The molecule has 1 aromatic rings. The summed E-state index contributed by atoms with van der Waals surface area (Å²) >= 11 is 0. The molecule has 0 N–H and O–H groups in total. The summed E-state index contributed by atoms with van der Waals surface area (Å²) in [7, 11) is 0. The largest absolute Gasteiger partial charge is 0.207 e. The Kier molecular flexibility index (Phi) is 3.24. The van der Waals surface area contributed by atoms with Crippen LogP contribution in [-0.2, 0) is 6.42 Å². The fourth-order valence-electron chi connectivity index (χ4n) is 2.55. The molecule has 1 nitrogen and oxygen atoms in total. The van der Waals surface area contributed by atoms with Gasteiger partial charge in [-0.2, -0.15) is 5.26 Å². The van der Waals surface area contributed by atoms with Gasteiger partial charge in [-0.1, -0.05) is 31.4 Å². The molecule has 84 valence electrons. The van der Waals surface area contributed by atoms with Crippen LogP contribution >= 0.6 is 0 Å². The van der Waals surface area contributed by atoms with Crippen LogP contribution in [-0.4, -0.2) is 0 Å². The molecule has 0 bridgehead atoms. The monoisotopic (exact) mass is 217 g/mol. The third-order valence-electron chi connectivity index (χ3n) is 3.50. The van der Waals surface area contributed by atoms with E-state index in [0.29, 0.717) is 0 Å². The van der Waals surface area contributed by atoms with Gasteiger partial charge in [0, 0.05) is 0 Å². The van der Waals surface area contributed by atoms with Crippen LogP contribution in [0.4, 0.5) is 4.39 Å². The molecule has 0 heterocycles. The second-order valence-electron chi connectivity index (χ2n) is 4.76. The van der Waals surface area contributed by atoms with E-state index in [1.807, 2.05) is 0 Å². The number of rotatable bonds is 2. The Labute approximate surface area is 95.9 Å². The van der Waals surface area contributed by atoms with Gasteiger partial charge in [0.1, 0.15) is 5.82 Å². The van der Waals surface area contributed by atoms with Gasteiger partial charge in [-0.15, -0.1) is 0 Å². The zero-order valence-electron chi connectivity index (χ0n) is 9.38. The van der Waals surface area contributed by atoms with Gasteiger partial charge >= 0.3 is 0 Å². The molecule has 1 aliphatic rings. The summed E-state index contributed by atoms with van der Waals surface area (Å²) in [6, 6.07) is 9.03. The first-order valence-electron chi connectivity index (χ1n) is 5.90. The first-order chi connectivity index (χ1) is 7.74. The third-order valence-corrected chi connectivity index (χ3v) is 3.50. The van der Waals surface area contributed by atoms with E-state index in [2.05, 4.69) is 6.07 Å². The summed E-state index contributed by atoms with van der Waals surface area (Å²) in [6.07, 6.45) is 6.28. The Hall–Kier alpha value is -1.36. The highest BCUT2D eigenvalue weighted by Crippen LogP contribution is 2.38. The molecule has 0 aromatic heterocycles. The fourth-order valence-corrected chi connectivity index (χ4v) is 2.55. The smallest absolute Gasteiger partial charge is 0.123 e. The quantitative estimate of drug-likeness (QED) is 0.738. The van der Waals surface area contributed by atoms with Crippen molar-refractivity contribution in [3.05, 3.63) is 35.6 Å². The van der Waals surface area contributed by atoms with Crippen LogP contribution in [0.2, 0.25) is 0 Å². The highest BCUT2D eigenvalue weighted by Gasteiger charge is 2.31. The highest BCUT2D eigenvalue weighted by molar-refractivity contribution is 5.20. The van der Waals surface area contributed by atoms with Crippen LogP contribution in [0.5, 0.6) is 0 Å². The number of benzene rings is 1. The molecule has 2 heteroatoms. The summed E-state index contributed by atoms with van der Waals surface area (Å²) in [6.45, 7) is 0. The lowest BCUT2D eigenvalue weighted by Crippen LogP contribution is -2.24. The number of hydrogen-bond acceptors (Lipinski definition) is 1. The van der Waals surface area contributed by atoms with Crippen molar-refractivity contribution < 1.29 is 4.39 Å². The third kappa shape index (κ3) is 2.41. The topological polar surface area (TPSA) is 23.8 Å². The Morgan fingerprint density at radius 1 is 1.12 bits per heavy atom. The number of nitrogens with zero attached hydrogens (tertiary/aromatic N) is 1. The molecule has 1 fully saturated rings. The molecule has 16 heavy (non-hydrogen) atoms. The molecule has 1 aliphatic carbocycles. The van der Waals surface area contributed by atoms with Gasteiger partial charge in [-0.25, -0.2) is 4.39 Å². The Bertz CT molecular complexity index is 382. The van der Waals surface area contributed by atoms with Crippen LogP contribution in [0.1, 0.15) is 37.7 Å². The zero-order valence-corrected chi connectivity index (χ0v) is 9.38. The predicted octanol–water partition coefficient (Wildman–Crippen LogP) is 3.84. The number of halogens is 1. The molecule has 0 unspecified atom stereocenters. The van der Waals surface area contributed by atoms with Gasteiger partial charge < -0.3 is 0 Å². The first-order valence-corrected chi connectivity index (χ1v) is 5.90. The van der Waals surface area contributed by atoms with E-state index in [1.165, 1.54) is 18.6 Å². The van der Waals surface area contributed by atoms with E-state index in [4.69, 9.17) is 0 Å². The molecule has 0 saturated heterocycles. The Morgan fingerprint density at radius 2 is 1.75 bits per heavy atom. The molecule has 0 atom stereocenters.